The lowest BCUT2D eigenvalue weighted by molar-refractivity contribution is 1.08. The Morgan fingerprint density at radius 3 is 2.71 bits per heavy atom. The molecule has 0 saturated carbocycles. The molecule has 3 nitrogen and oxygen atoms in total. The Morgan fingerprint density at radius 1 is 1.36 bits per heavy atom. The maximum absolute atomic E-state index is 5.84. The zero-order valence-corrected chi connectivity index (χ0v) is 9.54. The van der Waals surface area contributed by atoms with Gasteiger partial charge in [0, 0.05) is 4.88 Å². The molecule has 0 saturated heterocycles. The van der Waals surface area contributed by atoms with Gasteiger partial charge in [0.05, 0.1) is 11.3 Å². The van der Waals surface area contributed by atoms with Gasteiger partial charge in [0.25, 0.3) is 0 Å². The summed E-state index contributed by atoms with van der Waals surface area (Å²) in [4.78, 5) is 10.6. The number of rotatable bonds is 1. The predicted octanol–water partition coefficient (Wildman–Crippen LogP) is 2.63. The normalized spacial score (nSPS) is 11.1. The second-order valence-electron chi connectivity index (χ2n) is 3.12. The van der Waals surface area contributed by atoms with Crippen molar-refractivity contribution < 1.29 is 0 Å². The Kier molecular flexibility index (Phi) is 2.33. The number of hydrogen-bond donors (Lipinski definition) is 1. The third kappa shape index (κ3) is 1.35. The number of nitrogens with two attached hydrogens (primary N) is 1. The fraction of sp³-hybridized carbons (Fsp3) is 0.333. The maximum Gasteiger partial charge on any atom is 0.147 e. The molecular formula is C9H10ClN3S. The number of thiophene rings is 1. The van der Waals surface area contributed by atoms with Crippen LogP contribution in [-0.4, -0.2) is 9.97 Å². The zero-order valence-electron chi connectivity index (χ0n) is 7.97. The van der Waals surface area contributed by atoms with Gasteiger partial charge in [-0.05, 0) is 19.4 Å². The van der Waals surface area contributed by atoms with Crippen molar-refractivity contribution in [3.05, 3.63) is 16.3 Å². The van der Waals surface area contributed by atoms with Crippen LogP contribution in [0, 0.1) is 13.8 Å². The molecule has 5 heteroatoms. The number of fused-ring (bicyclic) bond motifs is 1. The molecule has 0 radical (unpaired) electrons. The topological polar surface area (TPSA) is 51.8 Å². The fourth-order valence-corrected chi connectivity index (χ4v) is 2.56. The van der Waals surface area contributed by atoms with Crippen LogP contribution in [0.3, 0.4) is 0 Å². The average molecular weight is 228 g/mol. The molecule has 2 rings (SSSR count). The highest BCUT2D eigenvalue weighted by atomic mass is 35.5. The van der Waals surface area contributed by atoms with Gasteiger partial charge in [-0.3, -0.25) is 0 Å². The summed E-state index contributed by atoms with van der Waals surface area (Å²) in [5, 5.41) is 0.973. The summed E-state index contributed by atoms with van der Waals surface area (Å²) in [7, 11) is 0. The fourth-order valence-electron chi connectivity index (χ4n) is 1.39. The van der Waals surface area contributed by atoms with E-state index < -0.39 is 0 Å². The molecule has 74 valence electrons. The van der Waals surface area contributed by atoms with Crippen molar-refractivity contribution in [1.82, 2.24) is 9.97 Å². The van der Waals surface area contributed by atoms with Gasteiger partial charge in [0.2, 0.25) is 0 Å². The quantitative estimate of drug-likeness (QED) is 0.762. The largest absolute Gasteiger partial charge is 0.383 e. The summed E-state index contributed by atoms with van der Waals surface area (Å²) in [5.74, 6) is 1.43. The van der Waals surface area contributed by atoms with Crippen molar-refractivity contribution in [1.29, 1.82) is 0 Å². The minimum atomic E-state index is 0.302. The number of aryl methyl sites for hydroxylation is 2. The van der Waals surface area contributed by atoms with Crippen molar-refractivity contribution in [2.45, 2.75) is 19.7 Å². The van der Waals surface area contributed by atoms with Gasteiger partial charge < -0.3 is 5.73 Å². The number of nitrogens with zero attached hydrogens (tertiary/aromatic N) is 2. The lowest BCUT2D eigenvalue weighted by atomic mass is 10.2. The minimum Gasteiger partial charge on any atom is -0.383 e. The van der Waals surface area contributed by atoms with E-state index in [0.29, 0.717) is 17.5 Å². The van der Waals surface area contributed by atoms with E-state index in [4.69, 9.17) is 17.3 Å². The average Bonchev–Trinajstić information content (AvgIpc) is 2.43. The smallest absolute Gasteiger partial charge is 0.147 e. The van der Waals surface area contributed by atoms with E-state index >= 15 is 0 Å². The third-order valence-electron chi connectivity index (χ3n) is 2.22. The van der Waals surface area contributed by atoms with E-state index in [9.17, 15) is 0 Å². The highest BCUT2D eigenvalue weighted by Gasteiger charge is 2.11. The van der Waals surface area contributed by atoms with Crippen LogP contribution in [0.1, 0.15) is 16.3 Å². The van der Waals surface area contributed by atoms with Crippen molar-refractivity contribution in [2.75, 3.05) is 5.73 Å². The maximum atomic E-state index is 5.84. The summed E-state index contributed by atoms with van der Waals surface area (Å²) in [6.07, 6.45) is 0. The van der Waals surface area contributed by atoms with E-state index in [0.717, 1.165) is 10.2 Å². The Morgan fingerprint density at radius 2 is 2.07 bits per heavy atom. The van der Waals surface area contributed by atoms with E-state index in [-0.39, 0.29) is 0 Å². The van der Waals surface area contributed by atoms with E-state index in [1.165, 1.54) is 10.4 Å². The van der Waals surface area contributed by atoms with Gasteiger partial charge in [-0.2, -0.15) is 0 Å². The highest BCUT2D eigenvalue weighted by molar-refractivity contribution is 7.18. The van der Waals surface area contributed by atoms with Gasteiger partial charge in [-0.15, -0.1) is 22.9 Å². The second-order valence-corrected chi connectivity index (χ2v) is 4.59. The van der Waals surface area contributed by atoms with Crippen molar-refractivity contribution in [3.63, 3.8) is 0 Å². The number of hydrogen-bond acceptors (Lipinski definition) is 4. The number of anilines is 1. The summed E-state index contributed by atoms with van der Waals surface area (Å²) in [6.45, 7) is 4.09. The predicted molar refractivity (Wildman–Crippen MR) is 60.9 cm³/mol. The molecule has 0 amide bonds. The van der Waals surface area contributed by atoms with Crippen LogP contribution >= 0.6 is 22.9 Å². The summed E-state index contributed by atoms with van der Waals surface area (Å²) in [5.41, 5.74) is 7.01. The van der Waals surface area contributed by atoms with E-state index in [1.807, 2.05) is 6.92 Å². The monoisotopic (exact) mass is 227 g/mol. The molecule has 2 aromatic rings. The van der Waals surface area contributed by atoms with Crippen molar-refractivity contribution in [2.24, 2.45) is 0 Å². The zero-order chi connectivity index (χ0) is 10.3. The van der Waals surface area contributed by atoms with E-state index in [2.05, 4.69) is 16.9 Å². The van der Waals surface area contributed by atoms with Gasteiger partial charge in [-0.1, -0.05) is 0 Å². The molecule has 0 unspecified atom stereocenters. The van der Waals surface area contributed by atoms with Crippen molar-refractivity contribution in [3.8, 4) is 0 Å². The van der Waals surface area contributed by atoms with Crippen LogP contribution in [0.5, 0.6) is 0 Å². The van der Waals surface area contributed by atoms with Crippen LogP contribution in [0.4, 0.5) is 5.82 Å². The Labute approximate surface area is 90.9 Å². The van der Waals surface area contributed by atoms with Crippen LogP contribution in [0.25, 0.3) is 10.2 Å². The molecule has 2 heterocycles. The molecule has 0 aliphatic heterocycles. The number of nitrogen functional groups attached to an aromatic ring is 1. The standard InChI is InChI=1S/C9H10ClN3S/c1-4-5(2)14-9-7(4)8(11)12-6(3-10)13-9/h3H2,1-2H3,(H2,11,12,13). The van der Waals surface area contributed by atoms with E-state index in [1.54, 1.807) is 11.3 Å². The number of aromatic nitrogens is 2. The highest BCUT2D eigenvalue weighted by Crippen LogP contribution is 2.31. The molecule has 0 spiro atoms. The lowest BCUT2D eigenvalue weighted by Gasteiger charge is -1.99. The first kappa shape index (κ1) is 9.68. The van der Waals surface area contributed by atoms with Crippen LogP contribution in [0.15, 0.2) is 0 Å². The lowest BCUT2D eigenvalue weighted by Crippen LogP contribution is -1.98. The molecule has 0 fully saturated rings. The number of alkyl halides is 1. The molecule has 0 aliphatic carbocycles. The Hall–Kier alpha value is -0.870. The summed E-state index contributed by atoms with van der Waals surface area (Å²) in [6, 6.07) is 0. The second kappa shape index (κ2) is 3.37. The van der Waals surface area contributed by atoms with Crippen molar-refractivity contribution >= 4 is 39.0 Å². The molecule has 0 atom stereocenters. The first-order valence-corrected chi connectivity index (χ1v) is 5.56. The van der Waals surface area contributed by atoms with Gasteiger partial charge in [0.15, 0.2) is 0 Å². The SMILES string of the molecule is Cc1sc2nc(CCl)nc(N)c2c1C. The van der Waals surface area contributed by atoms with Crippen LogP contribution in [0.2, 0.25) is 0 Å². The van der Waals surface area contributed by atoms with Gasteiger partial charge in [0.1, 0.15) is 16.5 Å². The van der Waals surface area contributed by atoms with Crippen LogP contribution in [-0.2, 0) is 5.88 Å². The first-order valence-electron chi connectivity index (χ1n) is 4.21. The minimum absolute atomic E-state index is 0.302. The van der Waals surface area contributed by atoms with Gasteiger partial charge >= 0.3 is 0 Å². The van der Waals surface area contributed by atoms with Crippen LogP contribution < -0.4 is 5.73 Å². The molecule has 2 N–H and O–H groups in total. The summed E-state index contributed by atoms with van der Waals surface area (Å²) >= 11 is 7.30. The first-order chi connectivity index (χ1) is 6.63. The molecule has 0 aliphatic rings. The number of halogens is 1. The molecule has 2 aromatic heterocycles. The Bertz CT molecular complexity index is 492. The Balaban J connectivity index is 2.83. The molecule has 0 aromatic carbocycles. The molecular weight excluding hydrogens is 218 g/mol. The molecule has 14 heavy (non-hydrogen) atoms. The molecule has 0 bridgehead atoms. The van der Waals surface area contributed by atoms with Gasteiger partial charge in [-0.25, -0.2) is 9.97 Å². The third-order valence-corrected chi connectivity index (χ3v) is 3.56. The summed E-state index contributed by atoms with van der Waals surface area (Å²) < 4.78 is 0.